The van der Waals surface area contributed by atoms with Crippen LogP contribution in [0.2, 0.25) is 0 Å². The first-order valence-electron chi connectivity index (χ1n) is 7.62. The number of amides is 1. The molecule has 1 aromatic carbocycles. The van der Waals surface area contributed by atoms with E-state index in [4.69, 9.17) is 9.94 Å². The fourth-order valence-electron chi connectivity index (χ4n) is 2.38. The van der Waals surface area contributed by atoms with Crippen molar-refractivity contribution < 1.29 is 19.5 Å². The third-order valence-electron chi connectivity index (χ3n) is 3.64. The molecule has 0 aliphatic rings. The Bertz CT molecular complexity index is 801. The number of aliphatic hydroxyl groups is 1. The van der Waals surface area contributed by atoms with E-state index >= 15 is 0 Å². The van der Waals surface area contributed by atoms with Crippen molar-refractivity contribution in [2.45, 2.75) is 13.8 Å². The normalized spacial score (nSPS) is 10.6. The van der Waals surface area contributed by atoms with E-state index in [9.17, 15) is 9.59 Å². The first kappa shape index (κ1) is 19.4. The van der Waals surface area contributed by atoms with Gasteiger partial charge in [0.15, 0.2) is 5.78 Å². The quantitative estimate of drug-likeness (QED) is 0.257. The monoisotopic (exact) mass is 457 g/mol. The van der Waals surface area contributed by atoms with Crippen molar-refractivity contribution in [1.29, 1.82) is 0 Å². The maximum Gasteiger partial charge on any atom is 0.278 e. The summed E-state index contributed by atoms with van der Waals surface area (Å²) in [7, 11) is 1.71. The van der Waals surface area contributed by atoms with Gasteiger partial charge in [0.1, 0.15) is 5.82 Å². The van der Waals surface area contributed by atoms with E-state index in [0.29, 0.717) is 11.5 Å². The molecular weight excluding hydrogens is 437 g/mol. The van der Waals surface area contributed by atoms with Crippen LogP contribution in [-0.4, -0.2) is 34.6 Å². The van der Waals surface area contributed by atoms with E-state index in [2.05, 4.69) is 33.4 Å². The van der Waals surface area contributed by atoms with Crippen LogP contribution in [0.5, 0.6) is 0 Å². The minimum Gasteiger partial charge on any atom is -0.394 e. The molecule has 0 aliphatic heterocycles. The molecule has 0 fully saturated rings. The van der Waals surface area contributed by atoms with Crippen LogP contribution in [0.1, 0.15) is 33.3 Å². The number of carbonyl (C=O) groups excluding carboxylic acids is 2. The van der Waals surface area contributed by atoms with E-state index in [1.807, 2.05) is 25.1 Å². The number of aryl methyl sites for hydroxylation is 1. The van der Waals surface area contributed by atoms with E-state index < -0.39 is 5.91 Å². The van der Waals surface area contributed by atoms with Gasteiger partial charge in [0.2, 0.25) is 0 Å². The molecule has 3 N–H and O–H groups in total. The molecule has 0 aliphatic carbocycles. The Labute approximate surface area is 159 Å². The summed E-state index contributed by atoms with van der Waals surface area (Å²) >= 11 is 2.23. The molecule has 0 spiro atoms. The van der Waals surface area contributed by atoms with Gasteiger partial charge in [-0.1, -0.05) is 0 Å². The summed E-state index contributed by atoms with van der Waals surface area (Å²) in [5.74, 6) is -0.165. The van der Waals surface area contributed by atoms with Gasteiger partial charge in [-0.25, -0.2) is 5.48 Å². The van der Waals surface area contributed by atoms with Crippen molar-refractivity contribution >= 4 is 45.8 Å². The Morgan fingerprint density at radius 2 is 2.04 bits per heavy atom. The summed E-state index contributed by atoms with van der Waals surface area (Å²) in [6, 6.07) is 7.41. The fraction of sp³-hybridized carbons (Fsp3) is 0.294. The van der Waals surface area contributed by atoms with Crippen molar-refractivity contribution in [2.24, 2.45) is 7.05 Å². The molecule has 8 heteroatoms. The number of rotatable bonds is 7. The van der Waals surface area contributed by atoms with Crippen molar-refractivity contribution in [3.8, 4) is 0 Å². The SMILES string of the molecule is CC(=O)c1cc(C(=O)NOCCO)c(Nc2ccc(I)cc2C)n1C. The second kappa shape index (κ2) is 8.45. The molecule has 0 saturated carbocycles. The first-order chi connectivity index (χ1) is 11.8. The number of Topliss-reactive ketones (excluding diaryl/α,β-unsaturated/α-hetero) is 1. The van der Waals surface area contributed by atoms with Gasteiger partial charge in [0.25, 0.3) is 5.91 Å². The summed E-state index contributed by atoms with van der Waals surface area (Å²) in [6.07, 6.45) is 0. The van der Waals surface area contributed by atoms with E-state index in [0.717, 1.165) is 14.8 Å². The van der Waals surface area contributed by atoms with Crippen LogP contribution < -0.4 is 10.8 Å². The molecule has 0 radical (unpaired) electrons. The Hall–Kier alpha value is -1.91. The first-order valence-corrected chi connectivity index (χ1v) is 8.69. The number of ketones is 1. The van der Waals surface area contributed by atoms with Gasteiger partial charge in [-0.05, 0) is 59.3 Å². The standard InChI is InChI=1S/C17H20IN3O4/c1-10-8-12(18)4-5-14(10)19-16-13(17(24)20-25-7-6-22)9-15(11(2)23)21(16)3/h4-5,8-9,19,22H,6-7H2,1-3H3,(H,20,24). The highest BCUT2D eigenvalue weighted by Gasteiger charge is 2.21. The third kappa shape index (κ3) is 4.59. The molecule has 0 unspecified atom stereocenters. The lowest BCUT2D eigenvalue weighted by molar-refractivity contribution is 0.0169. The second-order valence-electron chi connectivity index (χ2n) is 5.49. The number of anilines is 2. The van der Waals surface area contributed by atoms with Crippen LogP contribution >= 0.6 is 22.6 Å². The highest BCUT2D eigenvalue weighted by atomic mass is 127. The third-order valence-corrected chi connectivity index (χ3v) is 4.31. The van der Waals surface area contributed by atoms with Crippen LogP contribution in [0.3, 0.4) is 0 Å². The molecule has 25 heavy (non-hydrogen) atoms. The van der Waals surface area contributed by atoms with Gasteiger partial charge in [0, 0.05) is 23.2 Å². The van der Waals surface area contributed by atoms with Gasteiger partial charge in [-0.3, -0.25) is 14.4 Å². The van der Waals surface area contributed by atoms with Crippen LogP contribution in [0, 0.1) is 10.5 Å². The number of hydrogen-bond acceptors (Lipinski definition) is 5. The number of aliphatic hydroxyl groups excluding tert-OH is 1. The highest BCUT2D eigenvalue weighted by Crippen LogP contribution is 2.27. The lowest BCUT2D eigenvalue weighted by Crippen LogP contribution is -2.25. The van der Waals surface area contributed by atoms with E-state index in [1.165, 1.54) is 13.0 Å². The van der Waals surface area contributed by atoms with Crippen molar-refractivity contribution in [3.63, 3.8) is 0 Å². The maximum atomic E-state index is 12.4. The number of aromatic nitrogens is 1. The summed E-state index contributed by atoms with van der Waals surface area (Å²) < 4.78 is 2.74. The number of carbonyl (C=O) groups is 2. The highest BCUT2D eigenvalue weighted by molar-refractivity contribution is 14.1. The van der Waals surface area contributed by atoms with Crippen LogP contribution in [0.15, 0.2) is 24.3 Å². The number of hydroxylamine groups is 1. The van der Waals surface area contributed by atoms with E-state index in [1.54, 1.807) is 11.6 Å². The zero-order chi connectivity index (χ0) is 18.6. The lowest BCUT2D eigenvalue weighted by Gasteiger charge is -2.14. The molecule has 134 valence electrons. The van der Waals surface area contributed by atoms with Crippen molar-refractivity contribution in [2.75, 3.05) is 18.5 Å². The summed E-state index contributed by atoms with van der Waals surface area (Å²) in [5.41, 5.74) is 4.80. The minimum atomic E-state index is -0.498. The summed E-state index contributed by atoms with van der Waals surface area (Å²) in [5, 5.41) is 12.0. The van der Waals surface area contributed by atoms with Gasteiger partial charge in [-0.15, -0.1) is 0 Å². The van der Waals surface area contributed by atoms with Crippen LogP contribution in [0.4, 0.5) is 11.5 Å². The Kier molecular flexibility index (Phi) is 6.57. The van der Waals surface area contributed by atoms with Gasteiger partial charge in [-0.2, -0.15) is 0 Å². The van der Waals surface area contributed by atoms with Gasteiger partial charge < -0.3 is 15.0 Å². The number of hydrogen-bond donors (Lipinski definition) is 3. The molecule has 2 rings (SSSR count). The van der Waals surface area contributed by atoms with Gasteiger partial charge in [0.05, 0.1) is 24.5 Å². The zero-order valence-corrected chi connectivity index (χ0v) is 16.4. The molecule has 1 amide bonds. The van der Waals surface area contributed by atoms with E-state index in [-0.39, 0.29) is 24.6 Å². The molecule has 0 atom stereocenters. The fourth-order valence-corrected chi connectivity index (χ4v) is 3.02. The molecule has 0 saturated heterocycles. The Balaban J connectivity index is 2.40. The number of nitrogens with zero attached hydrogens (tertiary/aromatic N) is 1. The number of nitrogens with one attached hydrogen (secondary N) is 2. The summed E-state index contributed by atoms with van der Waals surface area (Å²) in [6.45, 7) is 3.18. The maximum absolute atomic E-state index is 12.4. The smallest absolute Gasteiger partial charge is 0.278 e. The lowest BCUT2D eigenvalue weighted by atomic mass is 10.2. The molecule has 0 bridgehead atoms. The number of halogens is 1. The van der Waals surface area contributed by atoms with Crippen molar-refractivity contribution in [1.82, 2.24) is 10.0 Å². The average Bonchev–Trinajstić information content (AvgIpc) is 2.87. The molecule has 1 aromatic heterocycles. The largest absolute Gasteiger partial charge is 0.394 e. The van der Waals surface area contributed by atoms with Crippen LogP contribution in [0.25, 0.3) is 0 Å². The Morgan fingerprint density at radius 1 is 1.32 bits per heavy atom. The second-order valence-corrected chi connectivity index (χ2v) is 6.74. The summed E-state index contributed by atoms with van der Waals surface area (Å²) in [4.78, 5) is 29.1. The Morgan fingerprint density at radius 3 is 2.64 bits per heavy atom. The number of benzene rings is 1. The van der Waals surface area contributed by atoms with Crippen molar-refractivity contribution in [3.05, 3.63) is 44.7 Å². The predicted octanol–water partition coefficient (Wildman–Crippen LogP) is 2.54. The molecule has 7 nitrogen and oxygen atoms in total. The molecule has 2 aromatic rings. The minimum absolute atomic E-state index is 0.0167. The van der Waals surface area contributed by atoms with Crippen LogP contribution in [-0.2, 0) is 11.9 Å². The topological polar surface area (TPSA) is 92.6 Å². The zero-order valence-electron chi connectivity index (χ0n) is 14.2. The molecule has 1 heterocycles. The van der Waals surface area contributed by atoms with Gasteiger partial charge >= 0.3 is 0 Å². The average molecular weight is 457 g/mol. The molecular formula is C17H20IN3O4. The predicted molar refractivity (Wildman–Crippen MR) is 103 cm³/mol.